The maximum absolute atomic E-state index is 13.4. The van der Waals surface area contributed by atoms with Gasteiger partial charge in [-0.1, -0.05) is 89.9 Å². The van der Waals surface area contributed by atoms with Gasteiger partial charge in [-0.2, -0.15) is 0 Å². The number of halogens is 2. The van der Waals surface area contributed by atoms with Crippen molar-refractivity contribution in [2.75, 3.05) is 5.32 Å². The van der Waals surface area contributed by atoms with Gasteiger partial charge in [-0.25, -0.2) is 4.79 Å². The van der Waals surface area contributed by atoms with Crippen LogP contribution >= 0.6 is 23.2 Å². The molecule has 0 saturated heterocycles. The maximum atomic E-state index is 13.4. The van der Waals surface area contributed by atoms with Crippen LogP contribution in [0, 0.1) is 0 Å². The number of urea groups is 1. The Hall–Kier alpha value is -2.49. The molecule has 1 saturated carbocycles. The van der Waals surface area contributed by atoms with Crippen molar-refractivity contribution < 1.29 is 4.79 Å². The fourth-order valence-electron chi connectivity index (χ4n) is 4.39. The van der Waals surface area contributed by atoms with Gasteiger partial charge in [-0.05, 0) is 54.9 Å². The number of carbonyl (C=O) groups excluding carboxylic acids is 1. The normalized spacial score (nSPS) is 18.4. The molecule has 4 rings (SSSR count). The second-order valence-electron chi connectivity index (χ2n) is 8.06. The molecule has 1 aliphatic rings. The summed E-state index contributed by atoms with van der Waals surface area (Å²) in [5, 5.41) is 3.84. The quantitative estimate of drug-likeness (QED) is 0.421. The minimum absolute atomic E-state index is 0.165. The predicted octanol–water partition coefficient (Wildman–Crippen LogP) is 7.75. The Morgan fingerprint density at radius 3 is 2.00 bits per heavy atom. The number of benzene rings is 3. The highest BCUT2D eigenvalue weighted by Crippen LogP contribution is 2.36. The number of para-hydroxylation sites is 1. The lowest BCUT2D eigenvalue weighted by Gasteiger charge is -2.37. The third kappa shape index (κ3) is 5.41. The van der Waals surface area contributed by atoms with Crippen LogP contribution < -0.4 is 5.32 Å². The average Bonchev–Trinajstić information content (AvgIpc) is 2.81. The van der Waals surface area contributed by atoms with Crippen molar-refractivity contribution in [3.63, 3.8) is 0 Å². The van der Waals surface area contributed by atoms with E-state index in [-0.39, 0.29) is 12.1 Å². The fraction of sp³-hybridized carbons (Fsp3) is 0.269. The van der Waals surface area contributed by atoms with Gasteiger partial charge >= 0.3 is 6.03 Å². The molecule has 0 atom stereocenters. The van der Waals surface area contributed by atoms with Crippen LogP contribution in [0.3, 0.4) is 0 Å². The molecule has 1 fully saturated rings. The second-order valence-corrected chi connectivity index (χ2v) is 8.87. The van der Waals surface area contributed by atoms with Gasteiger partial charge in [0.05, 0.1) is 15.7 Å². The van der Waals surface area contributed by atoms with Gasteiger partial charge in [0, 0.05) is 12.6 Å². The molecule has 3 aromatic rings. The largest absolute Gasteiger partial charge is 0.322 e. The summed E-state index contributed by atoms with van der Waals surface area (Å²) in [6, 6.07) is 26.0. The first kappa shape index (κ1) is 21.7. The van der Waals surface area contributed by atoms with Gasteiger partial charge in [0.2, 0.25) is 0 Å². The van der Waals surface area contributed by atoms with E-state index in [4.69, 9.17) is 23.2 Å². The number of hydrogen-bond donors (Lipinski definition) is 1. The van der Waals surface area contributed by atoms with Gasteiger partial charge in [0.15, 0.2) is 0 Å². The van der Waals surface area contributed by atoms with Gasteiger partial charge in [-0.15, -0.1) is 0 Å². The van der Waals surface area contributed by atoms with Crippen LogP contribution in [0.1, 0.15) is 42.7 Å². The summed E-state index contributed by atoms with van der Waals surface area (Å²) >= 11 is 12.6. The zero-order valence-corrected chi connectivity index (χ0v) is 18.8. The van der Waals surface area contributed by atoms with Crippen molar-refractivity contribution in [1.82, 2.24) is 4.90 Å². The predicted molar refractivity (Wildman–Crippen MR) is 129 cm³/mol. The number of amides is 2. The summed E-state index contributed by atoms with van der Waals surface area (Å²) in [5.74, 6) is 0.553. The monoisotopic (exact) mass is 452 g/mol. The lowest BCUT2D eigenvalue weighted by Crippen LogP contribution is -2.44. The molecule has 1 N–H and O–H groups in total. The lowest BCUT2D eigenvalue weighted by molar-refractivity contribution is 0.158. The van der Waals surface area contributed by atoms with Crippen LogP contribution in [0.5, 0.6) is 0 Å². The summed E-state index contributed by atoms with van der Waals surface area (Å²) < 4.78 is 0. The standard InChI is InChI=1S/C26H26Cl2N2O/c27-23-12-7-13-24(28)25(23)29-26(31)30(18-19-8-3-1-4-9-19)22-16-14-21(15-17-22)20-10-5-2-6-11-20/h1-13,21-22H,14-18H2,(H,29,31). The van der Waals surface area contributed by atoms with E-state index in [1.165, 1.54) is 5.56 Å². The summed E-state index contributed by atoms with van der Waals surface area (Å²) in [7, 11) is 0. The molecular weight excluding hydrogens is 427 g/mol. The Kier molecular flexibility index (Phi) is 7.16. The van der Waals surface area contributed by atoms with Crippen LogP contribution in [0.15, 0.2) is 78.9 Å². The molecule has 3 aromatic carbocycles. The van der Waals surface area contributed by atoms with E-state index in [9.17, 15) is 4.79 Å². The summed E-state index contributed by atoms with van der Waals surface area (Å²) in [6.07, 6.45) is 4.08. The van der Waals surface area contributed by atoms with Crippen molar-refractivity contribution in [2.24, 2.45) is 0 Å². The molecule has 0 unspecified atom stereocenters. The van der Waals surface area contributed by atoms with Crippen molar-refractivity contribution in [3.8, 4) is 0 Å². The molecular formula is C26H26Cl2N2O. The van der Waals surface area contributed by atoms with Crippen LogP contribution in [-0.2, 0) is 6.54 Å². The molecule has 160 valence electrons. The molecule has 0 aromatic heterocycles. The molecule has 3 nitrogen and oxygen atoms in total. The lowest BCUT2D eigenvalue weighted by atomic mass is 9.81. The Morgan fingerprint density at radius 2 is 1.39 bits per heavy atom. The molecule has 0 radical (unpaired) electrons. The Balaban J connectivity index is 1.51. The molecule has 1 aliphatic carbocycles. The molecule has 0 heterocycles. The highest BCUT2D eigenvalue weighted by Gasteiger charge is 2.30. The number of nitrogens with one attached hydrogen (secondary N) is 1. The highest BCUT2D eigenvalue weighted by atomic mass is 35.5. The average molecular weight is 453 g/mol. The van der Waals surface area contributed by atoms with Crippen LogP contribution in [0.2, 0.25) is 10.0 Å². The maximum Gasteiger partial charge on any atom is 0.322 e. The Bertz CT molecular complexity index is 982. The molecule has 0 bridgehead atoms. The first-order valence-corrected chi connectivity index (χ1v) is 11.5. The first-order valence-electron chi connectivity index (χ1n) is 10.7. The third-order valence-electron chi connectivity index (χ3n) is 6.06. The number of hydrogen-bond acceptors (Lipinski definition) is 1. The van der Waals surface area contributed by atoms with Gasteiger partial charge in [0.25, 0.3) is 0 Å². The van der Waals surface area contributed by atoms with Crippen LogP contribution in [0.25, 0.3) is 0 Å². The van der Waals surface area contributed by atoms with Gasteiger partial charge in [0.1, 0.15) is 0 Å². The summed E-state index contributed by atoms with van der Waals surface area (Å²) in [4.78, 5) is 15.3. The SMILES string of the molecule is O=C(Nc1c(Cl)cccc1Cl)N(Cc1ccccc1)C1CCC(c2ccccc2)CC1. The fourth-order valence-corrected chi connectivity index (χ4v) is 4.88. The van der Waals surface area contributed by atoms with E-state index < -0.39 is 0 Å². The molecule has 31 heavy (non-hydrogen) atoms. The Labute approximate surface area is 194 Å². The van der Waals surface area contributed by atoms with E-state index in [0.717, 1.165) is 31.2 Å². The molecule has 0 aliphatic heterocycles. The number of anilines is 1. The van der Waals surface area contributed by atoms with E-state index >= 15 is 0 Å². The zero-order valence-electron chi connectivity index (χ0n) is 17.3. The topological polar surface area (TPSA) is 32.3 Å². The number of carbonyl (C=O) groups is 1. The number of rotatable bonds is 5. The minimum atomic E-state index is -0.165. The van der Waals surface area contributed by atoms with Crippen molar-refractivity contribution in [3.05, 3.63) is 100 Å². The van der Waals surface area contributed by atoms with Gasteiger partial charge < -0.3 is 10.2 Å². The first-order chi connectivity index (χ1) is 15.1. The number of nitrogens with zero attached hydrogens (tertiary/aromatic N) is 1. The Morgan fingerprint density at radius 1 is 0.806 bits per heavy atom. The molecule has 2 amide bonds. The van der Waals surface area contributed by atoms with Crippen molar-refractivity contribution >= 4 is 34.9 Å². The molecule has 0 spiro atoms. The minimum Gasteiger partial charge on any atom is -0.317 e. The summed E-state index contributed by atoms with van der Waals surface area (Å²) in [6.45, 7) is 0.551. The molecule has 5 heteroatoms. The van der Waals surface area contributed by atoms with Crippen LogP contribution in [0.4, 0.5) is 10.5 Å². The van der Waals surface area contributed by atoms with Crippen molar-refractivity contribution in [1.29, 1.82) is 0 Å². The highest BCUT2D eigenvalue weighted by molar-refractivity contribution is 6.39. The third-order valence-corrected chi connectivity index (χ3v) is 6.69. The van der Waals surface area contributed by atoms with E-state index in [1.807, 2.05) is 23.1 Å². The second kappa shape index (κ2) is 10.2. The smallest absolute Gasteiger partial charge is 0.317 e. The van der Waals surface area contributed by atoms with E-state index in [2.05, 4.69) is 47.8 Å². The van der Waals surface area contributed by atoms with Crippen LogP contribution in [-0.4, -0.2) is 17.0 Å². The zero-order chi connectivity index (χ0) is 21.6. The van der Waals surface area contributed by atoms with E-state index in [0.29, 0.717) is 28.2 Å². The van der Waals surface area contributed by atoms with Gasteiger partial charge in [-0.3, -0.25) is 0 Å². The van der Waals surface area contributed by atoms with E-state index in [1.54, 1.807) is 18.2 Å². The van der Waals surface area contributed by atoms with Crippen molar-refractivity contribution in [2.45, 2.75) is 44.2 Å². The summed E-state index contributed by atoms with van der Waals surface area (Å²) in [5.41, 5.74) is 2.96.